The lowest BCUT2D eigenvalue weighted by Gasteiger charge is -2.13. The molecule has 0 heterocycles. The first-order chi connectivity index (χ1) is 9.56. The van der Waals surface area contributed by atoms with Crippen molar-refractivity contribution in [3.8, 4) is 0 Å². The summed E-state index contributed by atoms with van der Waals surface area (Å²) in [5.41, 5.74) is 1.21. The highest BCUT2D eigenvalue weighted by molar-refractivity contribution is 8.13. The number of aliphatic carboxylic acids is 1. The van der Waals surface area contributed by atoms with Crippen LogP contribution in [0.2, 0.25) is 0 Å². The number of carbonyl (C=O) groups is 2. The molecule has 0 amide bonds. The van der Waals surface area contributed by atoms with Gasteiger partial charge in [-0.3, -0.25) is 9.59 Å². The first-order valence-electron chi connectivity index (χ1n) is 6.69. The lowest BCUT2D eigenvalue weighted by Crippen LogP contribution is -2.20. The van der Waals surface area contributed by atoms with Gasteiger partial charge in [-0.1, -0.05) is 48.2 Å². The van der Waals surface area contributed by atoms with Gasteiger partial charge in [0, 0.05) is 12.7 Å². The van der Waals surface area contributed by atoms with Gasteiger partial charge in [-0.05, 0) is 30.4 Å². The molecule has 1 saturated carbocycles. The molecule has 0 bridgehead atoms. The average Bonchev–Trinajstić information content (AvgIpc) is 3.20. The second kappa shape index (κ2) is 6.27. The Labute approximate surface area is 123 Å². The molecule has 0 unspecified atom stereocenters. The molecule has 4 heteroatoms. The van der Waals surface area contributed by atoms with Gasteiger partial charge in [0.2, 0.25) is 0 Å². The minimum Gasteiger partial charge on any atom is -0.481 e. The number of allylic oxidation sites excluding steroid dienone is 1. The Morgan fingerprint density at radius 2 is 2.05 bits per heavy atom. The van der Waals surface area contributed by atoms with Crippen LogP contribution < -0.4 is 0 Å². The van der Waals surface area contributed by atoms with Crippen LogP contribution in [0.4, 0.5) is 0 Å². The van der Waals surface area contributed by atoms with Crippen molar-refractivity contribution in [1.82, 2.24) is 0 Å². The smallest absolute Gasteiger partial charge is 0.314 e. The summed E-state index contributed by atoms with van der Waals surface area (Å²) in [6, 6.07) is 7.67. The summed E-state index contributed by atoms with van der Waals surface area (Å²) in [4.78, 5) is 22.2. The SMILES string of the molecule is CC(=O)SCCC=Cc1ccccc1C1(C(=O)O)CC1. The van der Waals surface area contributed by atoms with E-state index in [1.54, 1.807) is 6.92 Å². The fourth-order valence-electron chi connectivity index (χ4n) is 2.28. The van der Waals surface area contributed by atoms with Crippen molar-refractivity contribution in [1.29, 1.82) is 0 Å². The monoisotopic (exact) mass is 290 g/mol. The minimum atomic E-state index is -0.731. The van der Waals surface area contributed by atoms with Gasteiger partial charge < -0.3 is 5.11 Å². The predicted octanol–water partition coefficient (Wildman–Crippen LogP) is 3.49. The number of hydrogen-bond acceptors (Lipinski definition) is 3. The Bertz CT molecular complexity index is 544. The Kier molecular flexibility index (Phi) is 4.65. The van der Waals surface area contributed by atoms with E-state index in [0.717, 1.165) is 23.3 Å². The summed E-state index contributed by atoms with van der Waals surface area (Å²) in [5, 5.41) is 9.51. The molecular formula is C16H18O3S. The van der Waals surface area contributed by atoms with Crippen molar-refractivity contribution in [2.45, 2.75) is 31.6 Å². The van der Waals surface area contributed by atoms with Gasteiger partial charge in [0.25, 0.3) is 0 Å². The number of hydrogen-bond donors (Lipinski definition) is 1. The van der Waals surface area contributed by atoms with Crippen LogP contribution in [0.15, 0.2) is 30.3 Å². The molecule has 0 atom stereocenters. The summed E-state index contributed by atoms with van der Waals surface area (Å²) in [7, 11) is 0. The third-order valence-corrected chi connectivity index (χ3v) is 4.37. The van der Waals surface area contributed by atoms with E-state index in [-0.39, 0.29) is 5.12 Å². The molecule has 20 heavy (non-hydrogen) atoms. The third-order valence-electron chi connectivity index (χ3n) is 3.52. The van der Waals surface area contributed by atoms with Gasteiger partial charge in [-0.2, -0.15) is 0 Å². The molecule has 1 N–H and O–H groups in total. The Balaban J connectivity index is 2.07. The highest BCUT2D eigenvalue weighted by Gasteiger charge is 2.52. The molecule has 1 aromatic carbocycles. The van der Waals surface area contributed by atoms with Crippen molar-refractivity contribution in [2.75, 3.05) is 5.75 Å². The van der Waals surface area contributed by atoms with Gasteiger partial charge in [0.05, 0.1) is 5.41 Å². The number of carboxylic acid groups (broad SMARTS) is 1. The molecule has 0 spiro atoms. The maximum absolute atomic E-state index is 11.4. The quantitative estimate of drug-likeness (QED) is 0.815. The zero-order valence-electron chi connectivity index (χ0n) is 11.5. The van der Waals surface area contributed by atoms with Crippen LogP contribution in [0.1, 0.15) is 37.3 Å². The van der Waals surface area contributed by atoms with Crippen molar-refractivity contribution in [3.63, 3.8) is 0 Å². The highest BCUT2D eigenvalue weighted by Crippen LogP contribution is 2.49. The van der Waals surface area contributed by atoms with Crippen LogP contribution in [0.3, 0.4) is 0 Å². The fraction of sp³-hybridized carbons (Fsp3) is 0.375. The summed E-state index contributed by atoms with van der Waals surface area (Å²) >= 11 is 1.31. The van der Waals surface area contributed by atoms with Gasteiger partial charge in [0.1, 0.15) is 0 Å². The molecule has 3 nitrogen and oxygen atoms in total. The molecular weight excluding hydrogens is 272 g/mol. The van der Waals surface area contributed by atoms with Crippen LogP contribution in [-0.4, -0.2) is 21.9 Å². The van der Waals surface area contributed by atoms with E-state index in [9.17, 15) is 14.7 Å². The van der Waals surface area contributed by atoms with Crippen LogP contribution in [-0.2, 0) is 15.0 Å². The van der Waals surface area contributed by atoms with Crippen LogP contribution in [0.25, 0.3) is 6.08 Å². The number of carboxylic acids is 1. The highest BCUT2D eigenvalue weighted by atomic mass is 32.2. The molecule has 1 aliphatic carbocycles. The lowest BCUT2D eigenvalue weighted by atomic mass is 9.91. The molecule has 0 aliphatic heterocycles. The zero-order chi connectivity index (χ0) is 14.6. The van der Waals surface area contributed by atoms with E-state index in [1.807, 2.05) is 36.4 Å². The topological polar surface area (TPSA) is 54.4 Å². The van der Waals surface area contributed by atoms with Gasteiger partial charge in [0.15, 0.2) is 5.12 Å². The largest absolute Gasteiger partial charge is 0.481 e. The molecule has 0 saturated heterocycles. The number of rotatable bonds is 6. The molecule has 1 aromatic rings. The van der Waals surface area contributed by atoms with Crippen LogP contribution in [0.5, 0.6) is 0 Å². The van der Waals surface area contributed by atoms with Gasteiger partial charge >= 0.3 is 5.97 Å². The summed E-state index contributed by atoms with van der Waals surface area (Å²) in [6.45, 7) is 1.56. The van der Waals surface area contributed by atoms with Crippen LogP contribution >= 0.6 is 11.8 Å². The van der Waals surface area contributed by atoms with Gasteiger partial charge in [-0.15, -0.1) is 0 Å². The van der Waals surface area contributed by atoms with E-state index < -0.39 is 11.4 Å². The van der Waals surface area contributed by atoms with E-state index in [1.165, 1.54) is 11.8 Å². The van der Waals surface area contributed by atoms with E-state index >= 15 is 0 Å². The normalized spacial score (nSPS) is 16.2. The van der Waals surface area contributed by atoms with E-state index in [2.05, 4.69) is 0 Å². The second-order valence-corrected chi connectivity index (χ2v) is 6.28. The van der Waals surface area contributed by atoms with E-state index in [4.69, 9.17) is 0 Å². The lowest BCUT2D eigenvalue weighted by molar-refractivity contribution is -0.140. The first kappa shape index (κ1) is 14.9. The Hall–Kier alpha value is -1.55. The molecule has 0 radical (unpaired) electrons. The van der Waals surface area contributed by atoms with Gasteiger partial charge in [-0.25, -0.2) is 0 Å². The average molecular weight is 290 g/mol. The maximum atomic E-state index is 11.4. The van der Waals surface area contributed by atoms with Crippen LogP contribution in [0, 0.1) is 0 Å². The third kappa shape index (κ3) is 3.31. The van der Waals surface area contributed by atoms with E-state index in [0.29, 0.717) is 12.8 Å². The molecule has 0 aromatic heterocycles. The Morgan fingerprint density at radius 1 is 1.35 bits per heavy atom. The molecule has 1 aliphatic rings. The number of thioether (sulfide) groups is 1. The maximum Gasteiger partial charge on any atom is 0.314 e. The standard InChI is InChI=1S/C16H18O3S/c1-12(17)20-11-5-4-7-13-6-2-3-8-14(13)16(9-10-16)15(18)19/h2-4,6-8H,5,9-11H2,1H3,(H,18,19). The fourth-order valence-corrected chi connectivity index (χ4v) is 2.82. The van der Waals surface area contributed by atoms with Crippen molar-refractivity contribution >= 4 is 28.9 Å². The van der Waals surface area contributed by atoms with Crippen molar-refractivity contribution in [3.05, 3.63) is 41.5 Å². The molecule has 1 fully saturated rings. The summed E-state index contributed by atoms with van der Waals surface area (Å²) in [6.07, 6.45) is 6.21. The minimum absolute atomic E-state index is 0.126. The molecule has 106 valence electrons. The summed E-state index contributed by atoms with van der Waals surface area (Å²) in [5.74, 6) is 0.0309. The van der Waals surface area contributed by atoms with Crippen molar-refractivity contribution < 1.29 is 14.7 Å². The first-order valence-corrected chi connectivity index (χ1v) is 7.67. The molecule has 2 rings (SSSR count). The Morgan fingerprint density at radius 3 is 2.65 bits per heavy atom. The second-order valence-electron chi connectivity index (χ2n) is 5.01. The number of benzene rings is 1. The van der Waals surface area contributed by atoms with Crippen molar-refractivity contribution in [2.24, 2.45) is 0 Å². The summed E-state index contributed by atoms with van der Waals surface area (Å²) < 4.78 is 0. The predicted molar refractivity (Wildman–Crippen MR) is 81.8 cm³/mol. The number of carbonyl (C=O) groups excluding carboxylic acids is 1. The zero-order valence-corrected chi connectivity index (χ0v) is 12.3.